The monoisotopic (exact) mass is 273 g/mol. The fraction of sp³-hybridized carbons (Fsp3) is 0.538. The summed E-state index contributed by atoms with van der Waals surface area (Å²) in [6.45, 7) is 1.51. The molecular weight excluding hydrogens is 257 g/mol. The molecule has 1 fully saturated rings. The summed E-state index contributed by atoms with van der Waals surface area (Å²) < 4.78 is 0. The van der Waals surface area contributed by atoms with Crippen LogP contribution in [0.25, 0.3) is 0 Å². The van der Waals surface area contributed by atoms with Crippen LogP contribution < -0.4 is 5.32 Å². The number of benzene rings is 1. The molecule has 17 heavy (non-hydrogen) atoms. The van der Waals surface area contributed by atoms with Gasteiger partial charge in [-0.25, -0.2) is 0 Å². The molecule has 1 saturated carbocycles. The molecule has 0 bridgehead atoms. The van der Waals surface area contributed by atoms with E-state index in [-0.39, 0.29) is 0 Å². The lowest BCUT2D eigenvalue weighted by Crippen LogP contribution is -2.30. The van der Waals surface area contributed by atoms with E-state index in [1.54, 1.807) is 18.2 Å². The molecule has 1 aliphatic rings. The second kappa shape index (κ2) is 6.05. The Hall–Kier alpha value is -0.280. The van der Waals surface area contributed by atoms with E-state index in [0.29, 0.717) is 22.2 Å². The highest BCUT2D eigenvalue weighted by molar-refractivity contribution is 6.33. The van der Waals surface area contributed by atoms with E-state index < -0.39 is 6.10 Å². The summed E-state index contributed by atoms with van der Waals surface area (Å²) >= 11 is 11.9. The lowest BCUT2D eigenvalue weighted by molar-refractivity contribution is 0.168. The number of halogens is 2. The summed E-state index contributed by atoms with van der Waals surface area (Å²) in [5.74, 6) is 0.789. The first-order valence-corrected chi connectivity index (χ1v) is 6.76. The lowest BCUT2D eigenvalue weighted by atomic mass is 9.85. The molecule has 0 saturated heterocycles. The van der Waals surface area contributed by atoms with Crippen LogP contribution in [0, 0.1) is 5.92 Å². The number of hydrogen-bond donors (Lipinski definition) is 2. The molecule has 1 aromatic carbocycles. The van der Waals surface area contributed by atoms with Crippen LogP contribution in [0.5, 0.6) is 0 Å². The summed E-state index contributed by atoms with van der Waals surface area (Å²) in [7, 11) is 0. The first-order chi connectivity index (χ1) is 8.16. The smallest absolute Gasteiger partial charge is 0.0929 e. The first-order valence-electron chi connectivity index (χ1n) is 6.00. The van der Waals surface area contributed by atoms with Gasteiger partial charge in [-0.2, -0.15) is 0 Å². The van der Waals surface area contributed by atoms with E-state index in [1.807, 2.05) is 0 Å². The van der Waals surface area contributed by atoms with Gasteiger partial charge in [-0.05, 0) is 43.5 Å². The second-order valence-electron chi connectivity index (χ2n) is 4.64. The van der Waals surface area contributed by atoms with E-state index in [4.69, 9.17) is 23.2 Å². The van der Waals surface area contributed by atoms with Gasteiger partial charge in [-0.15, -0.1) is 0 Å². The molecule has 1 unspecified atom stereocenters. The van der Waals surface area contributed by atoms with Gasteiger partial charge in [0.05, 0.1) is 6.10 Å². The highest BCUT2D eigenvalue weighted by atomic mass is 35.5. The van der Waals surface area contributed by atoms with Gasteiger partial charge >= 0.3 is 0 Å². The normalized spacial score (nSPS) is 17.8. The van der Waals surface area contributed by atoms with Crippen molar-refractivity contribution in [3.05, 3.63) is 33.8 Å². The van der Waals surface area contributed by atoms with Crippen LogP contribution in [0.2, 0.25) is 10.0 Å². The van der Waals surface area contributed by atoms with Crippen molar-refractivity contribution in [3.8, 4) is 0 Å². The third-order valence-electron chi connectivity index (χ3n) is 3.31. The maximum atomic E-state index is 10.0. The molecule has 0 radical (unpaired) electrons. The van der Waals surface area contributed by atoms with Crippen molar-refractivity contribution >= 4 is 23.2 Å². The Bertz CT molecular complexity index is 380. The number of rotatable bonds is 5. The average Bonchev–Trinajstić information content (AvgIpc) is 2.25. The van der Waals surface area contributed by atoms with Crippen molar-refractivity contribution in [1.29, 1.82) is 0 Å². The van der Waals surface area contributed by atoms with Gasteiger partial charge in [0, 0.05) is 22.2 Å². The van der Waals surface area contributed by atoms with Gasteiger partial charge in [0.15, 0.2) is 0 Å². The molecule has 1 aromatic rings. The molecule has 1 atom stereocenters. The highest BCUT2D eigenvalue weighted by Crippen LogP contribution is 2.27. The van der Waals surface area contributed by atoms with Crippen LogP contribution in [-0.2, 0) is 0 Å². The summed E-state index contributed by atoms with van der Waals surface area (Å²) in [6.07, 6.45) is 3.36. The quantitative estimate of drug-likeness (QED) is 0.862. The topological polar surface area (TPSA) is 32.3 Å². The number of nitrogens with one attached hydrogen (secondary N) is 1. The van der Waals surface area contributed by atoms with Crippen molar-refractivity contribution in [2.45, 2.75) is 25.4 Å². The molecule has 1 aliphatic carbocycles. The Labute approximate surface area is 112 Å². The number of aliphatic hydroxyl groups excluding tert-OH is 1. The van der Waals surface area contributed by atoms with Crippen molar-refractivity contribution < 1.29 is 5.11 Å². The number of aliphatic hydroxyl groups is 1. The third kappa shape index (κ3) is 3.59. The number of hydrogen-bond acceptors (Lipinski definition) is 2. The minimum Gasteiger partial charge on any atom is -0.387 e. The molecule has 4 heteroatoms. The maximum absolute atomic E-state index is 10.0. The minimum atomic E-state index is -0.596. The SMILES string of the molecule is OC(CNCC1CCC1)c1cc(Cl)ccc1Cl. The van der Waals surface area contributed by atoms with Gasteiger partial charge in [0.25, 0.3) is 0 Å². The molecular formula is C13H17Cl2NO. The van der Waals surface area contributed by atoms with Crippen LogP contribution >= 0.6 is 23.2 Å². The molecule has 2 nitrogen and oxygen atoms in total. The highest BCUT2D eigenvalue weighted by Gasteiger charge is 2.18. The van der Waals surface area contributed by atoms with Crippen LogP contribution in [0.15, 0.2) is 18.2 Å². The minimum absolute atomic E-state index is 0.524. The molecule has 0 aliphatic heterocycles. The Morgan fingerprint density at radius 3 is 2.76 bits per heavy atom. The van der Waals surface area contributed by atoms with Crippen molar-refractivity contribution in [2.24, 2.45) is 5.92 Å². The zero-order valence-electron chi connectivity index (χ0n) is 9.63. The third-order valence-corrected chi connectivity index (χ3v) is 3.89. The largest absolute Gasteiger partial charge is 0.387 e. The van der Waals surface area contributed by atoms with Gasteiger partial charge in [0.1, 0.15) is 0 Å². The Balaban J connectivity index is 1.85. The van der Waals surface area contributed by atoms with Crippen molar-refractivity contribution in [2.75, 3.05) is 13.1 Å². The molecule has 2 rings (SSSR count). The van der Waals surface area contributed by atoms with Gasteiger partial charge in [-0.3, -0.25) is 0 Å². The molecule has 94 valence electrons. The fourth-order valence-corrected chi connectivity index (χ4v) is 2.43. The van der Waals surface area contributed by atoms with Crippen LogP contribution in [0.4, 0.5) is 0 Å². The zero-order chi connectivity index (χ0) is 12.3. The molecule has 2 N–H and O–H groups in total. The fourth-order valence-electron chi connectivity index (χ4n) is 2.00. The van der Waals surface area contributed by atoms with Crippen LogP contribution in [-0.4, -0.2) is 18.2 Å². The summed E-state index contributed by atoms with van der Waals surface area (Å²) in [4.78, 5) is 0. The second-order valence-corrected chi connectivity index (χ2v) is 5.48. The molecule has 0 heterocycles. The van der Waals surface area contributed by atoms with Gasteiger partial charge in [0.2, 0.25) is 0 Å². The van der Waals surface area contributed by atoms with E-state index >= 15 is 0 Å². The summed E-state index contributed by atoms with van der Waals surface area (Å²) in [6, 6.07) is 5.16. The summed E-state index contributed by atoms with van der Waals surface area (Å²) in [5.41, 5.74) is 0.695. The molecule has 0 spiro atoms. The van der Waals surface area contributed by atoms with Crippen molar-refractivity contribution in [3.63, 3.8) is 0 Å². The van der Waals surface area contributed by atoms with E-state index in [9.17, 15) is 5.11 Å². The van der Waals surface area contributed by atoms with Crippen LogP contribution in [0.1, 0.15) is 30.9 Å². The molecule has 0 aromatic heterocycles. The van der Waals surface area contributed by atoms with Crippen LogP contribution in [0.3, 0.4) is 0 Å². The Morgan fingerprint density at radius 2 is 2.12 bits per heavy atom. The zero-order valence-corrected chi connectivity index (χ0v) is 11.1. The lowest BCUT2D eigenvalue weighted by Gasteiger charge is -2.26. The Kier molecular flexibility index (Phi) is 4.69. The predicted octanol–water partition coefficient (Wildman–Crippen LogP) is 3.42. The first kappa shape index (κ1) is 13.2. The average molecular weight is 274 g/mol. The maximum Gasteiger partial charge on any atom is 0.0929 e. The summed E-state index contributed by atoms with van der Waals surface area (Å²) in [5, 5.41) is 14.5. The Morgan fingerprint density at radius 1 is 1.35 bits per heavy atom. The van der Waals surface area contributed by atoms with E-state index in [2.05, 4.69) is 5.32 Å². The predicted molar refractivity (Wildman–Crippen MR) is 71.6 cm³/mol. The van der Waals surface area contributed by atoms with Gasteiger partial charge < -0.3 is 10.4 Å². The van der Waals surface area contributed by atoms with Gasteiger partial charge in [-0.1, -0.05) is 29.6 Å². The van der Waals surface area contributed by atoms with E-state index in [1.165, 1.54) is 19.3 Å². The van der Waals surface area contributed by atoms with Crippen molar-refractivity contribution in [1.82, 2.24) is 5.32 Å². The standard InChI is InChI=1S/C13H17Cl2NO/c14-10-4-5-12(15)11(6-10)13(17)8-16-7-9-2-1-3-9/h4-6,9,13,16-17H,1-3,7-8H2. The van der Waals surface area contributed by atoms with E-state index in [0.717, 1.165) is 12.5 Å². The molecule has 0 amide bonds.